The highest BCUT2D eigenvalue weighted by molar-refractivity contribution is 5.79. The number of benzene rings is 1. The van der Waals surface area contributed by atoms with Crippen LogP contribution in [0.15, 0.2) is 35.3 Å². The maximum atomic E-state index is 12.1. The molecule has 0 saturated carbocycles. The fourth-order valence-electron chi connectivity index (χ4n) is 2.76. The van der Waals surface area contributed by atoms with Gasteiger partial charge in [-0.2, -0.15) is 0 Å². The van der Waals surface area contributed by atoms with E-state index in [2.05, 4.69) is 22.5 Å². The van der Waals surface area contributed by atoms with Gasteiger partial charge in [0.1, 0.15) is 5.60 Å². The molecule has 29 heavy (non-hydrogen) atoms. The second-order valence-corrected chi connectivity index (χ2v) is 8.36. The van der Waals surface area contributed by atoms with Crippen molar-refractivity contribution in [1.82, 2.24) is 15.5 Å². The van der Waals surface area contributed by atoms with Gasteiger partial charge in [0.25, 0.3) is 0 Å². The second-order valence-electron chi connectivity index (χ2n) is 8.36. The van der Waals surface area contributed by atoms with Gasteiger partial charge in [-0.25, -0.2) is 4.79 Å². The summed E-state index contributed by atoms with van der Waals surface area (Å²) in [6, 6.07) is 9.94. The molecule has 0 spiro atoms. The maximum Gasteiger partial charge on any atom is 0.410 e. The molecule has 0 aliphatic carbocycles. The third kappa shape index (κ3) is 10.2. The Labute approximate surface area is 175 Å². The van der Waals surface area contributed by atoms with Gasteiger partial charge in [0.05, 0.1) is 6.61 Å². The molecule has 0 aromatic heterocycles. The van der Waals surface area contributed by atoms with Gasteiger partial charge in [-0.15, -0.1) is 0 Å². The van der Waals surface area contributed by atoms with Gasteiger partial charge in [0.15, 0.2) is 5.96 Å². The van der Waals surface area contributed by atoms with Gasteiger partial charge in [0.2, 0.25) is 0 Å². The predicted molar refractivity (Wildman–Crippen MR) is 118 cm³/mol. The van der Waals surface area contributed by atoms with E-state index in [-0.39, 0.29) is 24.5 Å². The number of ether oxygens (including phenoxy) is 1. The first-order valence-electron chi connectivity index (χ1n) is 10.3. The minimum Gasteiger partial charge on any atom is -0.444 e. The van der Waals surface area contributed by atoms with Crippen molar-refractivity contribution in [2.75, 3.05) is 39.8 Å². The number of hydrogen-bond acceptors (Lipinski definition) is 4. The van der Waals surface area contributed by atoms with Crippen LogP contribution in [0.1, 0.15) is 46.1 Å². The van der Waals surface area contributed by atoms with Crippen LogP contribution in [0.4, 0.5) is 4.79 Å². The number of guanidine groups is 1. The number of aliphatic imine (C=N–C) groups is 1. The minimum absolute atomic E-state index is 0.00391. The second kappa shape index (κ2) is 12.3. The predicted octanol–water partition coefficient (Wildman–Crippen LogP) is 2.82. The van der Waals surface area contributed by atoms with E-state index in [1.165, 1.54) is 0 Å². The van der Waals surface area contributed by atoms with E-state index in [0.29, 0.717) is 25.6 Å². The Hall–Kier alpha value is -2.28. The van der Waals surface area contributed by atoms with Crippen LogP contribution in [0.25, 0.3) is 0 Å². The third-order valence-corrected chi connectivity index (χ3v) is 4.20. The zero-order chi connectivity index (χ0) is 21.9. The lowest BCUT2D eigenvalue weighted by atomic mass is 10.0. The largest absolute Gasteiger partial charge is 0.444 e. The van der Waals surface area contributed by atoms with Gasteiger partial charge < -0.3 is 25.4 Å². The number of amides is 1. The van der Waals surface area contributed by atoms with Crippen molar-refractivity contribution in [3.05, 3.63) is 35.9 Å². The van der Waals surface area contributed by atoms with Crippen LogP contribution < -0.4 is 10.6 Å². The Morgan fingerprint density at radius 1 is 1.24 bits per heavy atom. The Morgan fingerprint density at radius 3 is 2.45 bits per heavy atom. The molecule has 2 unspecified atom stereocenters. The van der Waals surface area contributed by atoms with E-state index in [9.17, 15) is 9.90 Å². The van der Waals surface area contributed by atoms with Gasteiger partial charge in [-0.05, 0) is 39.2 Å². The number of aliphatic hydroxyl groups is 1. The number of carbonyl (C=O) groups excluding carboxylic acids is 1. The summed E-state index contributed by atoms with van der Waals surface area (Å²) in [5.74, 6) is 0.871. The van der Waals surface area contributed by atoms with Gasteiger partial charge in [-0.1, -0.05) is 37.3 Å². The topological polar surface area (TPSA) is 86.2 Å². The van der Waals surface area contributed by atoms with Crippen molar-refractivity contribution in [1.29, 1.82) is 0 Å². The first-order valence-corrected chi connectivity index (χ1v) is 10.3. The Kier molecular flexibility index (Phi) is 10.5. The van der Waals surface area contributed by atoms with E-state index >= 15 is 0 Å². The van der Waals surface area contributed by atoms with E-state index in [4.69, 9.17) is 4.74 Å². The van der Waals surface area contributed by atoms with Crippen LogP contribution in [-0.2, 0) is 4.74 Å². The molecule has 0 fully saturated rings. The molecule has 0 aliphatic rings. The number of carbonyl (C=O) groups is 1. The van der Waals surface area contributed by atoms with E-state index < -0.39 is 5.60 Å². The average Bonchev–Trinajstić information content (AvgIpc) is 2.66. The molecule has 1 rings (SSSR count). The summed E-state index contributed by atoms with van der Waals surface area (Å²) in [6.07, 6.45) is -0.327. The minimum atomic E-state index is -0.503. The summed E-state index contributed by atoms with van der Waals surface area (Å²) >= 11 is 0. The molecule has 0 saturated heterocycles. The maximum absolute atomic E-state index is 12.1. The fraction of sp³-hybridized carbons (Fsp3) is 0.636. The van der Waals surface area contributed by atoms with Crippen LogP contribution in [0.5, 0.6) is 0 Å². The first-order chi connectivity index (χ1) is 13.7. The van der Waals surface area contributed by atoms with Crippen LogP contribution in [0.3, 0.4) is 0 Å². The van der Waals surface area contributed by atoms with Crippen LogP contribution in [0, 0.1) is 5.92 Å². The normalized spacial score (nSPS) is 14.1. The van der Waals surface area contributed by atoms with Gasteiger partial charge >= 0.3 is 6.09 Å². The lowest BCUT2D eigenvalue weighted by molar-refractivity contribution is 0.0279. The molecule has 1 aromatic rings. The molecule has 3 N–H and O–H groups in total. The quantitative estimate of drug-likeness (QED) is 0.434. The Bertz CT molecular complexity index is 629. The summed E-state index contributed by atoms with van der Waals surface area (Å²) < 4.78 is 5.39. The summed E-state index contributed by atoms with van der Waals surface area (Å²) in [5, 5.41) is 16.3. The molecule has 7 nitrogen and oxygen atoms in total. The molecular weight excluding hydrogens is 368 g/mol. The van der Waals surface area contributed by atoms with E-state index in [0.717, 1.165) is 12.1 Å². The van der Waals surface area contributed by atoms with Crippen molar-refractivity contribution in [3.8, 4) is 0 Å². The lowest BCUT2D eigenvalue weighted by Gasteiger charge is -2.26. The highest BCUT2D eigenvalue weighted by Crippen LogP contribution is 2.13. The molecule has 164 valence electrons. The van der Waals surface area contributed by atoms with E-state index in [1.54, 1.807) is 11.9 Å². The van der Waals surface area contributed by atoms with Crippen LogP contribution >= 0.6 is 0 Å². The highest BCUT2D eigenvalue weighted by Gasteiger charge is 2.20. The number of aliphatic hydroxyl groups excluding tert-OH is 1. The molecule has 0 radical (unpaired) electrons. The van der Waals surface area contributed by atoms with Crippen molar-refractivity contribution in [2.45, 2.75) is 46.1 Å². The highest BCUT2D eigenvalue weighted by atomic mass is 16.6. The summed E-state index contributed by atoms with van der Waals surface area (Å²) in [7, 11) is 1.74. The molecule has 1 amide bonds. The fourth-order valence-corrected chi connectivity index (χ4v) is 2.76. The molecular formula is C22H38N4O3. The average molecular weight is 407 g/mol. The summed E-state index contributed by atoms with van der Waals surface area (Å²) in [6.45, 7) is 12.1. The van der Waals surface area contributed by atoms with Gasteiger partial charge in [0, 0.05) is 39.1 Å². The number of hydrogen-bond donors (Lipinski definition) is 3. The lowest BCUT2D eigenvalue weighted by Crippen LogP contribution is -2.41. The number of nitrogens with zero attached hydrogens (tertiary/aromatic N) is 2. The Morgan fingerprint density at radius 2 is 1.90 bits per heavy atom. The van der Waals surface area contributed by atoms with Crippen molar-refractivity contribution in [2.24, 2.45) is 10.9 Å². The molecule has 7 heteroatoms. The van der Waals surface area contributed by atoms with E-state index in [1.807, 2.05) is 58.0 Å². The van der Waals surface area contributed by atoms with Crippen molar-refractivity contribution >= 4 is 12.1 Å². The molecule has 0 bridgehead atoms. The SMILES string of the molecule is CCNC(=NCC(C)CN(C)C(=O)OC(C)(C)C)NCC(CO)c1ccccc1. The third-order valence-electron chi connectivity index (χ3n) is 4.20. The van der Waals surface area contributed by atoms with Crippen LogP contribution in [-0.4, -0.2) is 67.5 Å². The molecule has 2 atom stereocenters. The molecule has 0 aliphatic heterocycles. The zero-order valence-corrected chi connectivity index (χ0v) is 18.7. The number of nitrogens with one attached hydrogen (secondary N) is 2. The summed E-state index contributed by atoms with van der Waals surface area (Å²) in [4.78, 5) is 18.3. The van der Waals surface area contributed by atoms with Crippen LogP contribution in [0.2, 0.25) is 0 Å². The Balaban J connectivity index is 2.58. The molecule has 1 aromatic carbocycles. The standard InChI is InChI=1S/C22H38N4O3/c1-7-23-20(25-14-19(16-27)18-11-9-8-10-12-18)24-13-17(2)15-26(6)21(28)29-22(3,4)5/h8-12,17,19,27H,7,13-16H2,1-6H3,(H2,23,24,25). The van der Waals surface area contributed by atoms with Crippen molar-refractivity contribution in [3.63, 3.8) is 0 Å². The summed E-state index contributed by atoms with van der Waals surface area (Å²) in [5.41, 5.74) is 0.586. The first kappa shape index (κ1) is 24.8. The zero-order valence-electron chi connectivity index (χ0n) is 18.7. The monoisotopic (exact) mass is 406 g/mol. The smallest absolute Gasteiger partial charge is 0.410 e. The van der Waals surface area contributed by atoms with Gasteiger partial charge in [-0.3, -0.25) is 4.99 Å². The van der Waals surface area contributed by atoms with Crippen molar-refractivity contribution < 1.29 is 14.6 Å². The molecule has 0 heterocycles. The number of rotatable bonds is 9.